The van der Waals surface area contributed by atoms with Crippen LogP contribution < -0.4 is 4.74 Å². The van der Waals surface area contributed by atoms with Gasteiger partial charge in [0.05, 0.1) is 6.61 Å². The molecule has 0 N–H and O–H groups in total. The van der Waals surface area contributed by atoms with Crippen molar-refractivity contribution in [2.75, 3.05) is 19.8 Å². The van der Waals surface area contributed by atoms with Gasteiger partial charge in [0.15, 0.2) is 11.6 Å². The first-order chi connectivity index (χ1) is 6.75. The Balaban J connectivity index is 2.46. The summed E-state index contributed by atoms with van der Waals surface area (Å²) in [5, 5.41) is 0. The van der Waals surface area contributed by atoms with Crippen molar-refractivity contribution in [3.05, 3.63) is 29.6 Å². The van der Waals surface area contributed by atoms with Crippen molar-refractivity contribution in [2.45, 2.75) is 13.8 Å². The molecule has 1 aromatic rings. The first kappa shape index (κ1) is 11.0. The van der Waals surface area contributed by atoms with Crippen LogP contribution in [0, 0.1) is 12.7 Å². The van der Waals surface area contributed by atoms with Crippen LogP contribution in [0.2, 0.25) is 0 Å². The van der Waals surface area contributed by atoms with E-state index in [2.05, 4.69) is 0 Å². The van der Waals surface area contributed by atoms with Gasteiger partial charge in [0.2, 0.25) is 0 Å². The molecule has 0 saturated heterocycles. The summed E-state index contributed by atoms with van der Waals surface area (Å²) in [7, 11) is 0. The van der Waals surface area contributed by atoms with E-state index in [1.165, 1.54) is 0 Å². The monoisotopic (exact) mass is 198 g/mol. The fourth-order valence-corrected chi connectivity index (χ4v) is 1.09. The van der Waals surface area contributed by atoms with Crippen molar-refractivity contribution < 1.29 is 13.9 Å². The summed E-state index contributed by atoms with van der Waals surface area (Å²) >= 11 is 0. The molecule has 1 aromatic carbocycles. The van der Waals surface area contributed by atoms with Gasteiger partial charge < -0.3 is 9.47 Å². The number of aryl methyl sites for hydroxylation is 1. The van der Waals surface area contributed by atoms with Crippen molar-refractivity contribution in [1.29, 1.82) is 0 Å². The van der Waals surface area contributed by atoms with Gasteiger partial charge in [0.1, 0.15) is 6.61 Å². The zero-order valence-electron chi connectivity index (χ0n) is 8.55. The first-order valence-corrected chi connectivity index (χ1v) is 4.71. The van der Waals surface area contributed by atoms with Crippen molar-refractivity contribution in [3.8, 4) is 5.75 Å². The van der Waals surface area contributed by atoms with Crippen LogP contribution in [0.5, 0.6) is 5.75 Å². The Morgan fingerprint density at radius 1 is 1.29 bits per heavy atom. The second-order valence-electron chi connectivity index (χ2n) is 2.93. The molecule has 0 aromatic heterocycles. The minimum atomic E-state index is -0.288. The Kier molecular flexibility index (Phi) is 4.40. The Morgan fingerprint density at radius 2 is 2.07 bits per heavy atom. The highest BCUT2D eigenvalue weighted by Crippen LogP contribution is 2.19. The Hall–Kier alpha value is -1.09. The van der Waals surface area contributed by atoms with Gasteiger partial charge in [-0.2, -0.15) is 0 Å². The maximum absolute atomic E-state index is 13.3. The molecular formula is C11H15FO2. The van der Waals surface area contributed by atoms with E-state index in [-0.39, 0.29) is 5.82 Å². The highest BCUT2D eigenvalue weighted by Gasteiger charge is 2.04. The summed E-state index contributed by atoms with van der Waals surface area (Å²) in [6, 6.07) is 5.10. The molecule has 0 aliphatic carbocycles. The molecule has 0 radical (unpaired) electrons. The molecule has 3 heteroatoms. The number of benzene rings is 1. The van der Waals surface area contributed by atoms with Gasteiger partial charge in [-0.05, 0) is 25.5 Å². The van der Waals surface area contributed by atoms with Crippen molar-refractivity contribution in [2.24, 2.45) is 0 Å². The third-order valence-electron chi connectivity index (χ3n) is 1.85. The van der Waals surface area contributed by atoms with E-state index in [0.29, 0.717) is 31.1 Å². The molecule has 0 bridgehead atoms. The lowest BCUT2D eigenvalue weighted by Crippen LogP contribution is -2.07. The molecule has 1 rings (SSSR count). The van der Waals surface area contributed by atoms with Crippen molar-refractivity contribution in [3.63, 3.8) is 0 Å². The number of halogens is 1. The van der Waals surface area contributed by atoms with Crippen LogP contribution in [0.15, 0.2) is 18.2 Å². The molecule has 0 amide bonds. The molecule has 14 heavy (non-hydrogen) atoms. The molecule has 0 aliphatic rings. The summed E-state index contributed by atoms with van der Waals surface area (Å²) in [5.74, 6) is 0.00806. The molecular weight excluding hydrogens is 183 g/mol. The zero-order chi connectivity index (χ0) is 10.4. The van der Waals surface area contributed by atoms with E-state index in [0.717, 1.165) is 0 Å². The van der Waals surface area contributed by atoms with Gasteiger partial charge in [-0.1, -0.05) is 12.1 Å². The average molecular weight is 198 g/mol. The Bertz CT molecular complexity index is 287. The Labute approximate surface area is 83.6 Å². The number of rotatable bonds is 5. The summed E-state index contributed by atoms with van der Waals surface area (Å²) in [4.78, 5) is 0. The Morgan fingerprint density at radius 3 is 2.79 bits per heavy atom. The van der Waals surface area contributed by atoms with E-state index in [1.54, 1.807) is 25.1 Å². The topological polar surface area (TPSA) is 18.5 Å². The lowest BCUT2D eigenvalue weighted by atomic mass is 10.2. The fraction of sp³-hybridized carbons (Fsp3) is 0.455. The maximum Gasteiger partial charge on any atom is 0.167 e. The molecule has 2 nitrogen and oxygen atoms in total. The van der Waals surface area contributed by atoms with E-state index < -0.39 is 0 Å². The van der Waals surface area contributed by atoms with Crippen LogP contribution >= 0.6 is 0 Å². The van der Waals surface area contributed by atoms with Crippen LogP contribution in [0.4, 0.5) is 4.39 Å². The minimum Gasteiger partial charge on any atom is -0.488 e. The van der Waals surface area contributed by atoms with E-state index in [1.807, 2.05) is 6.92 Å². The highest BCUT2D eigenvalue weighted by atomic mass is 19.1. The number of hydrogen-bond donors (Lipinski definition) is 0. The van der Waals surface area contributed by atoms with Gasteiger partial charge in [-0.15, -0.1) is 0 Å². The number of hydrogen-bond acceptors (Lipinski definition) is 2. The van der Waals surface area contributed by atoms with Crippen molar-refractivity contribution in [1.82, 2.24) is 0 Å². The molecule has 78 valence electrons. The van der Waals surface area contributed by atoms with Crippen LogP contribution in [0.3, 0.4) is 0 Å². The van der Waals surface area contributed by atoms with Gasteiger partial charge in [0.25, 0.3) is 0 Å². The van der Waals surface area contributed by atoms with E-state index in [4.69, 9.17) is 9.47 Å². The standard InChI is InChI=1S/C11H15FO2/c1-3-13-7-8-14-10-6-4-5-9(2)11(10)12/h4-6H,3,7-8H2,1-2H3. The van der Waals surface area contributed by atoms with Gasteiger partial charge in [-0.25, -0.2) is 4.39 Å². The largest absolute Gasteiger partial charge is 0.488 e. The smallest absolute Gasteiger partial charge is 0.167 e. The molecule has 0 atom stereocenters. The molecule has 0 saturated carbocycles. The van der Waals surface area contributed by atoms with Gasteiger partial charge in [0, 0.05) is 6.61 Å². The second-order valence-corrected chi connectivity index (χ2v) is 2.93. The quantitative estimate of drug-likeness (QED) is 0.677. The lowest BCUT2D eigenvalue weighted by molar-refractivity contribution is 0.108. The maximum atomic E-state index is 13.3. The van der Waals surface area contributed by atoms with Crippen LogP contribution in [-0.2, 0) is 4.74 Å². The molecule has 0 aliphatic heterocycles. The molecule has 0 spiro atoms. The molecule has 0 fully saturated rings. The number of ether oxygens (including phenoxy) is 2. The lowest BCUT2D eigenvalue weighted by Gasteiger charge is -2.08. The SMILES string of the molecule is CCOCCOc1cccc(C)c1F. The predicted octanol–water partition coefficient (Wildman–Crippen LogP) is 2.55. The second kappa shape index (κ2) is 5.60. The van der Waals surface area contributed by atoms with Gasteiger partial charge >= 0.3 is 0 Å². The average Bonchev–Trinajstić information content (AvgIpc) is 2.19. The van der Waals surface area contributed by atoms with Crippen LogP contribution in [0.25, 0.3) is 0 Å². The summed E-state index contributed by atoms with van der Waals surface area (Å²) < 4.78 is 23.6. The summed E-state index contributed by atoms with van der Waals surface area (Å²) in [5.41, 5.74) is 0.596. The zero-order valence-corrected chi connectivity index (χ0v) is 8.55. The van der Waals surface area contributed by atoms with E-state index in [9.17, 15) is 4.39 Å². The van der Waals surface area contributed by atoms with Crippen molar-refractivity contribution >= 4 is 0 Å². The summed E-state index contributed by atoms with van der Waals surface area (Å²) in [6.07, 6.45) is 0. The molecule has 0 heterocycles. The van der Waals surface area contributed by atoms with Gasteiger partial charge in [-0.3, -0.25) is 0 Å². The first-order valence-electron chi connectivity index (χ1n) is 4.71. The predicted molar refractivity (Wildman–Crippen MR) is 53.1 cm³/mol. The minimum absolute atomic E-state index is 0.288. The fourth-order valence-electron chi connectivity index (χ4n) is 1.09. The summed E-state index contributed by atoms with van der Waals surface area (Å²) in [6.45, 7) is 5.15. The third-order valence-corrected chi connectivity index (χ3v) is 1.85. The highest BCUT2D eigenvalue weighted by molar-refractivity contribution is 5.29. The molecule has 0 unspecified atom stereocenters. The normalized spacial score (nSPS) is 10.2. The van der Waals surface area contributed by atoms with Crippen LogP contribution in [0.1, 0.15) is 12.5 Å². The van der Waals surface area contributed by atoms with Crippen LogP contribution in [-0.4, -0.2) is 19.8 Å². The third kappa shape index (κ3) is 3.00. The van der Waals surface area contributed by atoms with E-state index >= 15 is 0 Å².